The molecule has 0 aliphatic heterocycles. The Balaban J connectivity index is 2.79. The van der Waals surface area contributed by atoms with Gasteiger partial charge in [0.25, 0.3) is 5.69 Å². The van der Waals surface area contributed by atoms with Crippen molar-refractivity contribution in [2.75, 3.05) is 0 Å². The maximum atomic E-state index is 10.6. The molecule has 1 heterocycles. The SMILES string of the molecule is Cc1cc2c(C)[nH]nc2cc1[N+](=O)[O-]. The van der Waals surface area contributed by atoms with Crippen molar-refractivity contribution in [2.45, 2.75) is 13.8 Å². The van der Waals surface area contributed by atoms with Crippen molar-refractivity contribution in [3.8, 4) is 0 Å². The summed E-state index contributed by atoms with van der Waals surface area (Å²) in [7, 11) is 0. The van der Waals surface area contributed by atoms with Crippen LogP contribution in [0.3, 0.4) is 0 Å². The molecule has 72 valence electrons. The highest BCUT2D eigenvalue weighted by Gasteiger charge is 2.13. The third-order valence-corrected chi connectivity index (χ3v) is 2.26. The van der Waals surface area contributed by atoms with Gasteiger partial charge in [0, 0.05) is 22.7 Å². The van der Waals surface area contributed by atoms with Crippen molar-refractivity contribution in [1.29, 1.82) is 0 Å². The first-order valence-corrected chi connectivity index (χ1v) is 4.19. The quantitative estimate of drug-likeness (QED) is 0.554. The number of benzene rings is 1. The van der Waals surface area contributed by atoms with E-state index in [1.807, 2.05) is 6.92 Å². The molecule has 0 unspecified atom stereocenters. The van der Waals surface area contributed by atoms with E-state index in [-0.39, 0.29) is 5.69 Å². The number of nitro groups is 1. The molecule has 0 spiro atoms. The van der Waals surface area contributed by atoms with Crippen molar-refractivity contribution >= 4 is 16.6 Å². The second-order valence-electron chi connectivity index (χ2n) is 3.26. The van der Waals surface area contributed by atoms with E-state index in [0.717, 1.165) is 11.1 Å². The number of fused-ring (bicyclic) bond motifs is 1. The lowest BCUT2D eigenvalue weighted by Gasteiger charge is -1.96. The van der Waals surface area contributed by atoms with E-state index < -0.39 is 4.92 Å². The molecule has 0 aliphatic rings. The smallest absolute Gasteiger partial charge is 0.274 e. The summed E-state index contributed by atoms with van der Waals surface area (Å²) in [6, 6.07) is 3.28. The average Bonchev–Trinajstić information content (AvgIpc) is 2.46. The highest BCUT2D eigenvalue weighted by molar-refractivity contribution is 5.84. The first kappa shape index (κ1) is 8.68. The molecule has 0 bridgehead atoms. The summed E-state index contributed by atoms with van der Waals surface area (Å²) >= 11 is 0. The number of hydrogen-bond donors (Lipinski definition) is 1. The predicted octanol–water partition coefficient (Wildman–Crippen LogP) is 2.09. The number of aromatic nitrogens is 2. The molecule has 0 aliphatic carbocycles. The van der Waals surface area contributed by atoms with Gasteiger partial charge in [-0.1, -0.05) is 0 Å². The average molecular weight is 191 g/mol. The molecule has 14 heavy (non-hydrogen) atoms. The van der Waals surface area contributed by atoms with Gasteiger partial charge in [-0.15, -0.1) is 0 Å². The number of rotatable bonds is 1. The summed E-state index contributed by atoms with van der Waals surface area (Å²) in [6.07, 6.45) is 0. The second-order valence-corrected chi connectivity index (χ2v) is 3.26. The summed E-state index contributed by atoms with van der Waals surface area (Å²) in [5.41, 5.74) is 2.34. The summed E-state index contributed by atoms with van der Waals surface area (Å²) in [4.78, 5) is 10.2. The third-order valence-electron chi connectivity index (χ3n) is 2.26. The maximum Gasteiger partial charge on any atom is 0.274 e. The van der Waals surface area contributed by atoms with Gasteiger partial charge in [0.15, 0.2) is 0 Å². The van der Waals surface area contributed by atoms with Gasteiger partial charge in [-0.2, -0.15) is 5.10 Å². The van der Waals surface area contributed by atoms with Gasteiger partial charge in [-0.05, 0) is 19.9 Å². The lowest BCUT2D eigenvalue weighted by molar-refractivity contribution is -0.385. The van der Waals surface area contributed by atoms with Crippen molar-refractivity contribution < 1.29 is 4.92 Å². The third kappa shape index (κ3) is 1.14. The number of H-pyrrole nitrogens is 1. The Morgan fingerprint density at radius 2 is 2.14 bits per heavy atom. The van der Waals surface area contributed by atoms with E-state index in [4.69, 9.17) is 0 Å². The molecule has 2 rings (SSSR count). The Kier molecular flexibility index (Phi) is 1.73. The number of aryl methyl sites for hydroxylation is 2. The van der Waals surface area contributed by atoms with Gasteiger partial charge >= 0.3 is 0 Å². The standard InChI is InChI=1S/C9H9N3O2/c1-5-3-7-6(2)10-11-8(7)4-9(5)12(13)14/h3-4H,1-2H3,(H,10,11). The molecular formula is C9H9N3O2. The van der Waals surface area contributed by atoms with Gasteiger partial charge in [0.2, 0.25) is 0 Å². The fraction of sp³-hybridized carbons (Fsp3) is 0.222. The number of nitrogens with one attached hydrogen (secondary N) is 1. The van der Waals surface area contributed by atoms with Crippen molar-refractivity contribution in [3.05, 3.63) is 33.5 Å². The molecule has 0 radical (unpaired) electrons. The minimum Gasteiger partial charge on any atom is -0.282 e. The Hall–Kier alpha value is -1.91. The zero-order valence-corrected chi connectivity index (χ0v) is 7.87. The van der Waals surface area contributed by atoms with Gasteiger partial charge < -0.3 is 0 Å². The van der Waals surface area contributed by atoms with Crippen molar-refractivity contribution in [3.63, 3.8) is 0 Å². The Bertz CT molecular complexity index is 516. The predicted molar refractivity (Wildman–Crippen MR) is 52.2 cm³/mol. The highest BCUT2D eigenvalue weighted by Crippen LogP contribution is 2.25. The summed E-state index contributed by atoms with van der Waals surface area (Å²) in [6.45, 7) is 3.62. The molecule has 5 heteroatoms. The van der Waals surface area contributed by atoms with Crippen LogP contribution in [-0.2, 0) is 0 Å². The fourth-order valence-corrected chi connectivity index (χ4v) is 1.48. The fourth-order valence-electron chi connectivity index (χ4n) is 1.48. The van der Waals surface area contributed by atoms with E-state index >= 15 is 0 Å². The monoisotopic (exact) mass is 191 g/mol. The first-order chi connectivity index (χ1) is 6.59. The number of nitro benzene ring substituents is 1. The molecule has 0 fully saturated rings. The molecule has 0 saturated heterocycles. The Labute approximate surface area is 79.9 Å². The van der Waals surface area contributed by atoms with Crippen LogP contribution in [0.1, 0.15) is 11.3 Å². The van der Waals surface area contributed by atoms with E-state index in [1.165, 1.54) is 6.07 Å². The summed E-state index contributed by atoms with van der Waals surface area (Å²) in [5.74, 6) is 0. The molecule has 1 aromatic heterocycles. The Morgan fingerprint density at radius 3 is 2.79 bits per heavy atom. The zero-order chi connectivity index (χ0) is 10.3. The van der Waals surface area contributed by atoms with Crippen LogP contribution in [0.4, 0.5) is 5.69 Å². The van der Waals surface area contributed by atoms with Crippen LogP contribution >= 0.6 is 0 Å². The summed E-state index contributed by atoms with van der Waals surface area (Å²) in [5, 5.41) is 18.3. The number of aromatic amines is 1. The second kappa shape index (κ2) is 2.80. The van der Waals surface area contributed by atoms with Crippen LogP contribution in [0, 0.1) is 24.0 Å². The van der Waals surface area contributed by atoms with Crippen molar-refractivity contribution in [2.24, 2.45) is 0 Å². The van der Waals surface area contributed by atoms with E-state index in [9.17, 15) is 10.1 Å². The molecule has 2 aromatic rings. The van der Waals surface area contributed by atoms with Gasteiger partial charge in [-0.25, -0.2) is 0 Å². The van der Waals surface area contributed by atoms with Crippen molar-refractivity contribution in [1.82, 2.24) is 10.2 Å². The van der Waals surface area contributed by atoms with Crippen LogP contribution in [0.25, 0.3) is 10.9 Å². The molecule has 0 amide bonds. The maximum absolute atomic E-state index is 10.6. The van der Waals surface area contributed by atoms with E-state index in [1.54, 1.807) is 13.0 Å². The topological polar surface area (TPSA) is 71.8 Å². The van der Waals surface area contributed by atoms with Gasteiger partial charge in [0.1, 0.15) is 0 Å². The molecule has 0 saturated carbocycles. The minimum atomic E-state index is -0.390. The normalized spacial score (nSPS) is 10.7. The first-order valence-electron chi connectivity index (χ1n) is 4.19. The lowest BCUT2D eigenvalue weighted by atomic mass is 10.1. The molecule has 0 atom stereocenters. The van der Waals surface area contributed by atoms with Crippen LogP contribution in [0.5, 0.6) is 0 Å². The van der Waals surface area contributed by atoms with Crippen LogP contribution in [0.15, 0.2) is 12.1 Å². The van der Waals surface area contributed by atoms with E-state index in [0.29, 0.717) is 11.1 Å². The minimum absolute atomic E-state index is 0.115. The van der Waals surface area contributed by atoms with Crippen LogP contribution < -0.4 is 0 Å². The Morgan fingerprint density at radius 1 is 1.43 bits per heavy atom. The number of hydrogen-bond acceptors (Lipinski definition) is 3. The molecule has 1 aromatic carbocycles. The molecule has 5 nitrogen and oxygen atoms in total. The number of nitrogens with zero attached hydrogens (tertiary/aromatic N) is 2. The van der Waals surface area contributed by atoms with Crippen LogP contribution in [0.2, 0.25) is 0 Å². The largest absolute Gasteiger partial charge is 0.282 e. The summed E-state index contributed by atoms with van der Waals surface area (Å²) < 4.78 is 0. The molecular weight excluding hydrogens is 182 g/mol. The van der Waals surface area contributed by atoms with E-state index in [2.05, 4.69) is 10.2 Å². The van der Waals surface area contributed by atoms with Crippen LogP contribution in [-0.4, -0.2) is 15.1 Å². The lowest BCUT2D eigenvalue weighted by Crippen LogP contribution is -1.91. The highest BCUT2D eigenvalue weighted by atomic mass is 16.6. The zero-order valence-electron chi connectivity index (χ0n) is 7.87. The van der Waals surface area contributed by atoms with Gasteiger partial charge in [0.05, 0.1) is 10.4 Å². The van der Waals surface area contributed by atoms with Gasteiger partial charge in [-0.3, -0.25) is 15.2 Å². The molecule has 1 N–H and O–H groups in total.